The fourth-order valence-corrected chi connectivity index (χ4v) is 1.55. The Hall–Kier alpha value is -2.44. The minimum atomic E-state index is -1.16. The fraction of sp³-hybridized carbons (Fsp3) is 0.182. The Labute approximate surface area is 102 Å². The number of carboxylic acids is 1. The van der Waals surface area contributed by atoms with Gasteiger partial charge in [-0.15, -0.1) is 5.10 Å². The van der Waals surface area contributed by atoms with Crippen LogP contribution in [0.2, 0.25) is 0 Å². The van der Waals surface area contributed by atoms with Gasteiger partial charge in [-0.3, -0.25) is 0 Å². The topological polar surface area (TPSA) is 77.2 Å². The van der Waals surface area contributed by atoms with Crippen molar-refractivity contribution in [3.05, 3.63) is 35.4 Å². The lowest BCUT2D eigenvalue weighted by Gasteiger charge is -2.06. The zero-order chi connectivity index (χ0) is 13.3. The summed E-state index contributed by atoms with van der Waals surface area (Å²) in [5, 5.41) is 16.1. The lowest BCUT2D eigenvalue weighted by Crippen LogP contribution is -2.03. The van der Waals surface area contributed by atoms with Crippen LogP contribution in [0, 0.1) is 12.7 Å². The van der Waals surface area contributed by atoms with E-state index in [1.54, 1.807) is 6.92 Å². The first-order chi connectivity index (χ1) is 8.54. The predicted octanol–water partition coefficient (Wildman–Crippen LogP) is 1.42. The van der Waals surface area contributed by atoms with Crippen LogP contribution in [0.5, 0.6) is 5.75 Å². The van der Waals surface area contributed by atoms with E-state index in [4.69, 9.17) is 9.84 Å². The minimum absolute atomic E-state index is 0.0549. The van der Waals surface area contributed by atoms with Crippen LogP contribution in [0.1, 0.15) is 16.2 Å². The van der Waals surface area contributed by atoms with E-state index in [0.29, 0.717) is 11.4 Å². The predicted molar refractivity (Wildman–Crippen MR) is 59.6 cm³/mol. The first-order valence-electron chi connectivity index (χ1n) is 5.04. The molecule has 0 saturated carbocycles. The van der Waals surface area contributed by atoms with Crippen molar-refractivity contribution < 1.29 is 19.0 Å². The van der Waals surface area contributed by atoms with Gasteiger partial charge in [-0.25, -0.2) is 13.9 Å². The Morgan fingerprint density at radius 3 is 2.78 bits per heavy atom. The number of hydrogen-bond donors (Lipinski definition) is 1. The highest BCUT2D eigenvalue weighted by Gasteiger charge is 2.16. The average molecular weight is 251 g/mol. The molecule has 0 aliphatic rings. The van der Waals surface area contributed by atoms with E-state index >= 15 is 0 Å². The van der Waals surface area contributed by atoms with Crippen LogP contribution in [0.4, 0.5) is 4.39 Å². The molecule has 0 aliphatic heterocycles. The Morgan fingerprint density at radius 1 is 1.50 bits per heavy atom. The van der Waals surface area contributed by atoms with Gasteiger partial charge in [-0.05, 0) is 19.1 Å². The van der Waals surface area contributed by atoms with Gasteiger partial charge < -0.3 is 9.84 Å². The maximum atomic E-state index is 13.3. The second kappa shape index (κ2) is 4.44. The first kappa shape index (κ1) is 12.0. The molecule has 1 aromatic carbocycles. The third-order valence-electron chi connectivity index (χ3n) is 2.48. The molecular weight excluding hydrogens is 241 g/mol. The maximum absolute atomic E-state index is 13.3. The van der Waals surface area contributed by atoms with E-state index in [9.17, 15) is 9.18 Å². The summed E-state index contributed by atoms with van der Waals surface area (Å²) >= 11 is 0. The molecule has 0 aliphatic carbocycles. The molecule has 2 rings (SSSR count). The van der Waals surface area contributed by atoms with Crippen LogP contribution < -0.4 is 4.74 Å². The molecule has 18 heavy (non-hydrogen) atoms. The number of carboxylic acid groups (broad SMARTS) is 1. The smallest absolute Gasteiger partial charge is 0.358 e. The summed E-state index contributed by atoms with van der Waals surface area (Å²) in [5.41, 5.74) is 0.695. The lowest BCUT2D eigenvalue weighted by molar-refractivity contribution is 0.0689. The third kappa shape index (κ3) is 1.90. The van der Waals surface area contributed by atoms with E-state index in [-0.39, 0.29) is 11.4 Å². The number of methoxy groups -OCH3 is 1. The van der Waals surface area contributed by atoms with Gasteiger partial charge in [0.05, 0.1) is 18.5 Å². The number of aromatic carboxylic acids is 1. The van der Waals surface area contributed by atoms with Crippen molar-refractivity contribution in [1.82, 2.24) is 15.0 Å². The van der Waals surface area contributed by atoms with Gasteiger partial charge in [0.1, 0.15) is 0 Å². The molecule has 0 radical (unpaired) electrons. The Kier molecular flexibility index (Phi) is 2.97. The van der Waals surface area contributed by atoms with Crippen molar-refractivity contribution in [2.45, 2.75) is 6.92 Å². The number of benzene rings is 1. The number of rotatable bonds is 3. The second-order valence-corrected chi connectivity index (χ2v) is 3.56. The highest BCUT2D eigenvalue weighted by molar-refractivity contribution is 5.86. The van der Waals surface area contributed by atoms with E-state index in [1.165, 1.54) is 30.0 Å². The zero-order valence-electron chi connectivity index (χ0n) is 9.72. The molecule has 2 aromatic rings. The largest absolute Gasteiger partial charge is 0.494 e. The highest BCUT2D eigenvalue weighted by Crippen LogP contribution is 2.21. The molecule has 94 valence electrons. The summed E-state index contributed by atoms with van der Waals surface area (Å²) in [4.78, 5) is 10.8. The summed E-state index contributed by atoms with van der Waals surface area (Å²) in [6, 6.07) is 4.10. The Balaban J connectivity index is 2.52. The number of carbonyl (C=O) groups is 1. The highest BCUT2D eigenvalue weighted by atomic mass is 19.1. The summed E-state index contributed by atoms with van der Waals surface area (Å²) in [5.74, 6) is -1.61. The van der Waals surface area contributed by atoms with Crippen molar-refractivity contribution in [3.63, 3.8) is 0 Å². The molecule has 0 amide bonds. The molecule has 0 atom stereocenters. The van der Waals surface area contributed by atoms with Crippen LogP contribution in [-0.4, -0.2) is 33.2 Å². The molecule has 0 unspecified atom stereocenters. The van der Waals surface area contributed by atoms with Gasteiger partial charge in [-0.2, -0.15) is 0 Å². The van der Waals surface area contributed by atoms with Crippen LogP contribution in [0.15, 0.2) is 18.2 Å². The van der Waals surface area contributed by atoms with Crippen molar-refractivity contribution in [2.24, 2.45) is 0 Å². The summed E-state index contributed by atoms with van der Waals surface area (Å²) < 4.78 is 19.4. The van der Waals surface area contributed by atoms with Crippen molar-refractivity contribution in [1.29, 1.82) is 0 Å². The molecule has 0 saturated heterocycles. The van der Waals surface area contributed by atoms with Crippen LogP contribution in [-0.2, 0) is 0 Å². The Morgan fingerprint density at radius 2 is 2.22 bits per heavy atom. The van der Waals surface area contributed by atoms with E-state index < -0.39 is 11.8 Å². The normalized spacial score (nSPS) is 10.4. The third-order valence-corrected chi connectivity index (χ3v) is 2.48. The van der Waals surface area contributed by atoms with Crippen LogP contribution in [0.3, 0.4) is 0 Å². The fourth-order valence-electron chi connectivity index (χ4n) is 1.55. The van der Waals surface area contributed by atoms with E-state index in [1.807, 2.05) is 0 Å². The molecule has 0 fully saturated rings. The number of aromatic nitrogens is 3. The molecule has 1 N–H and O–H groups in total. The number of ether oxygens (including phenoxy) is 1. The lowest BCUT2D eigenvalue weighted by atomic mass is 10.2. The number of halogens is 1. The molecule has 1 heterocycles. The molecule has 6 nitrogen and oxygen atoms in total. The summed E-state index contributed by atoms with van der Waals surface area (Å²) in [6.07, 6.45) is 0. The van der Waals surface area contributed by atoms with Crippen LogP contribution >= 0.6 is 0 Å². The zero-order valence-corrected chi connectivity index (χ0v) is 9.72. The van der Waals surface area contributed by atoms with Crippen LogP contribution in [0.25, 0.3) is 5.69 Å². The maximum Gasteiger partial charge on any atom is 0.358 e. The molecular formula is C11H10FN3O3. The average Bonchev–Trinajstić information content (AvgIpc) is 2.72. The van der Waals surface area contributed by atoms with Gasteiger partial charge in [0.2, 0.25) is 0 Å². The molecule has 0 spiro atoms. The van der Waals surface area contributed by atoms with Gasteiger partial charge in [0, 0.05) is 6.07 Å². The second-order valence-electron chi connectivity index (χ2n) is 3.56. The standard InChI is InChI=1S/C11H10FN3O3/c1-6-10(11(16)17)13-14-15(6)7-3-4-8(12)9(5-7)18-2/h3-5H,1-2H3,(H,16,17). The van der Waals surface area contributed by atoms with E-state index in [0.717, 1.165) is 0 Å². The summed E-state index contributed by atoms with van der Waals surface area (Å²) in [6.45, 7) is 1.57. The van der Waals surface area contributed by atoms with Gasteiger partial charge in [-0.1, -0.05) is 5.21 Å². The van der Waals surface area contributed by atoms with Crippen molar-refractivity contribution in [3.8, 4) is 11.4 Å². The summed E-state index contributed by atoms with van der Waals surface area (Å²) in [7, 11) is 1.35. The van der Waals surface area contributed by atoms with Crippen molar-refractivity contribution in [2.75, 3.05) is 7.11 Å². The first-order valence-corrected chi connectivity index (χ1v) is 5.04. The number of nitrogens with zero attached hydrogens (tertiary/aromatic N) is 3. The molecule has 1 aromatic heterocycles. The van der Waals surface area contributed by atoms with Crippen molar-refractivity contribution >= 4 is 5.97 Å². The van der Waals surface area contributed by atoms with E-state index in [2.05, 4.69) is 10.3 Å². The monoisotopic (exact) mass is 251 g/mol. The quantitative estimate of drug-likeness (QED) is 0.892. The van der Waals surface area contributed by atoms with Gasteiger partial charge >= 0.3 is 5.97 Å². The van der Waals surface area contributed by atoms with Gasteiger partial charge in [0.15, 0.2) is 17.3 Å². The molecule has 0 bridgehead atoms. The van der Waals surface area contributed by atoms with Gasteiger partial charge in [0.25, 0.3) is 0 Å². The Bertz CT molecular complexity index is 610. The SMILES string of the molecule is COc1cc(-n2nnc(C(=O)O)c2C)ccc1F. The number of hydrogen-bond acceptors (Lipinski definition) is 4. The minimum Gasteiger partial charge on any atom is -0.494 e. The molecule has 7 heteroatoms.